The molecule has 19 heavy (non-hydrogen) atoms. The van der Waals surface area contributed by atoms with Gasteiger partial charge in [-0.1, -0.05) is 60.7 Å². The van der Waals surface area contributed by atoms with Crippen LogP contribution in [0.5, 0.6) is 0 Å². The number of hydrogen-bond acceptors (Lipinski definition) is 2. The van der Waals surface area contributed by atoms with Crippen molar-refractivity contribution >= 4 is 5.71 Å². The van der Waals surface area contributed by atoms with Crippen LogP contribution in [0.2, 0.25) is 0 Å². The normalized spacial score (nSPS) is 9.63. The molecular formula is C17H16N2. The van der Waals surface area contributed by atoms with Crippen LogP contribution in [0.25, 0.3) is 0 Å². The van der Waals surface area contributed by atoms with Crippen LogP contribution < -0.4 is 0 Å². The molecule has 0 bridgehead atoms. The Morgan fingerprint density at radius 3 is 1.89 bits per heavy atom. The lowest BCUT2D eigenvalue weighted by Gasteiger charge is -2.07. The maximum Gasteiger partial charge on any atom is 0.0718 e. The summed E-state index contributed by atoms with van der Waals surface area (Å²) in [4.78, 5) is 4.67. The van der Waals surface area contributed by atoms with E-state index in [4.69, 9.17) is 5.26 Å². The van der Waals surface area contributed by atoms with Gasteiger partial charge in [-0.2, -0.15) is 5.26 Å². The highest BCUT2D eigenvalue weighted by molar-refractivity contribution is 6.12. The molecule has 0 radical (unpaired) electrons. The van der Waals surface area contributed by atoms with Gasteiger partial charge >= 0.3 is 0 Å². The quantitative estimate of drug-likeness (QED) is 0.585. The lowest BCUT2D eigenvalue weighted by molar-refractivity contribution is 0.863. The first-order valence-corrected chi connectivity index (χ1v) is 6.44. The Morgan fingerprint density at radius 2 is 1.42 bits per heavy atom. The largest absolute Gasteiger partial charge is 0.284 e. The van der Waals surface area contributed by atoms with E-state index in [1.54, 1.807) is 0 Å². The number of aliphatic imine (C=N–C) groups is 1. The molecule has 2 heteroatoms. The third-order valence-electron chi connectivity index (χ3n) is 2.81. The highest BCUT2D eigenvalue weighted by Gasteiger charge is 2.05. The fourth-order valence-electron chi connectivity index (χ4n) is 1.89. The van der Waals surface area contributed by atoms with E-state index in [1.165, 1.54) is 0 Å². The minimum Gasteiger partial charge on any atom is -0.284 e. The van der Waals surface area contributed by atoms with E-state index in [2.05, 4.69) is 35.3 Å². The van der Waals surface area contributed by atoms with E-state index in [0.29, 0.717) is 13.0 Å². The minimum absolute atomic E-state index is 0.556. The second-order valence-corrected chi connectivity index (χ2v) is 4.22. The lowest BCUT2D eigenvalue weighted by Crippen LogP contribution is -2.04. The Bertz CT molecular complexity index is 524. The second-order valence-electron chi connectivity index (χ2n) is 4.22. The van der Waals surface area contributed by atoms with Crippen molar-refractivity contribution in [2.75, 3.05) is 6.54 Å². The van der Waals surface area contributed by atoms with E-state index in [1.807, 2.05) is 36.4 Å². The second kappa shape index (κ2) is 7.13. The molecular weight excluding hydrogens is 232 g/mol. The summed E-state index contributed by atoms with van der Waals surface area (Å²) in [6.45, 7) is 0.687. The van der Waals surface area contributed by atoms with Crippen molar-refractivity contribution in [3.05, 3.63) is 71.8 Å². The summed E-state index contributed by atoms with van der Waals surface area (Å²) in [5, 5.41) is 8.57. The van der Waals surface area contributed by atoms with Crippen LogP contribution >= 0.6 is 0 Å². The van der Waals surface area contributed by atoms with Crippen LogP contribution in [0.15, 0.2) is 65.7 Å². The van der Waals surface area contributed by atoms with Gasteiger partial charge in [0.25, 0.3) is 0 Å². The first-order valence-electron chi connectivity index (χ1n) is 6.44. The summed E-state index contributed by atoms with van der Waals surface area (Å²) >= 11 is 0. The topological polar surface area (TPSA) is 36.1 Å². The third kappa shape index (κ3) is 3.79. The fraction of sp³-hybridized carbons (Fsp3) is 0.176. The number of benzene rings is 2. The summed E-state index contributed by atoms with van der Waals surface area (Å²) in [6.07, 6.45) is 1.36. The summed E-state index contributed by atoms with van der Waals surface area (Å²) in [6, 6.07) is 22.5. The van der Waals surface area contributed by atoms with Crippen LogP contribution in [0.4, 0.5) is 0 Å². The maximum absolute atomic E-state index is 8.57. The molecule has 0 N–H and O–H groups in total. The predicted molar refractivity (Wildman–Crippen MR) is 78.2 cm³/mol. The zero-order chi connectivity index (χ0) is 13.3. The van der Waals surface area contributed by atoms with Gasteiger partial charge in [-0.3, -0.25) is 4.99 Å². The molecule has 0 atom stereocenters. The van der Waals surface area contributed by atoms with Crippen molar-refractivity contribution in [3.63, 3.8) is 0 Å². The Hall–Kier alpha value is -2.40. The molecule has 0 heterocycles. The van der Waals surface area contributed by atoms with Gasteiger partial charge in [0, 0.05) is 24.1 Å². The highest BCUT2D eigenvalue weighted by atomic mass is 14.7. The van der Waals surface area contributed by atoms with Crippen molar-refractivity contribution < 1.29 is 0 Å². The summed E-state index contributed by atoms with van der Waals surface area (Å²) in [5.41, 5.74) is 3.23. The zero-order valence-corrected chi connectivity index (χ0v) is 10.8. The summed E-state index contributed by atoms with van der Waals surface area (Å²) in [5.74, 6) is 0. The van der Waals surface area contributed by atoms with Crippen LogP contribution in [-0.2, 0) is 0 Å². The van der Waals surface area contributed by atoms with Crippen LogP contribution in [0, 0.1) is 11.3 Å². The number of rotatable bonds is 5. The molecule has 2 nitrogen and oxygen atoms in total. The first kappa shape index (κ1) is 13.0. The van der Waals surface area contributed by atoms with Gasteiger partial charge in [0.1, 0.15) is 0 Å². The molecule has 0 unspecified atom stereocenters. The van der Waals surface area contributed by atoms with E-state index in [0.717, 1.165) is 23.3 Å². The highest BCUT2D eigenvalue weighted by Crippen LogP contribution is 2.11. The van der Waals surface area contributed by atoms with E-state index < -0.39 is 0 Å². The van der Waals surface area contributed by atoms with Gasteiger partial charge in [0.05, 0.1) is 11.8 Å². The van der Waals surface area contributed by atoms with E-state index in [9.17, 15) is 0 Å². The number of unbranched alkanes of at least 4 members (excludes halogenated alkanes) is 1. The van der Waals surface area contributed by atoms with Crippen molar-refractivity contribution in [2.24, 2.45) is 4.99 Å². The van der Waals surface area contributed by atoms with Gasteiger partial charge in [-0.15, -0.1) is 0 Å². The Balaban J connectivity index is 2.27. The lowest BCUT2D eigenvalue weighted by atomic mass is 10.0. The molecule has 0 aromatic heterocycles. The van der Waals surface area contributed by atoms with Crippen molar-refractivity contribution in [1.29, 1.82) is 5.26 Å². The Morgan fingerprint density at radius 1 is 0.895 bits per heavy atom. The van der Waals surface area contributed by atoms with Crippen LogP contribution in [0.1, 0.15) is 24.0 Å². The van der Waals surface area contributed by atoms with Gasteiger partial charge in [0.15, 0.2) is 0 Å². The van der Waals surface area contributed by atoms with Gasteiger partial charge in [0.2, 0.25) is 0 Å². The van der Waals surface area contributed by atoms with Gasteiger partial charge in [-0.05, 0) is 6.42 Å². The smallest absolute Gasteiger partial charge is 0.0718 e. The van der Waals surface area contributed by atoms with Crippen molar-refractivity contribution in [2.45, 2.75) is 12.8 Å². The molecule has 2 aromatic rings. The molecule has 0 saturated carbocycles. The van der Waals surface area contributed by atoms with E-state index >= 15 is 0 Å². The van der Waals surface area contributed by atoms with Crippen molar-refractivity contribution in [1.82, 2.24) is 0 Å². The molecule has 94 valence electrons. The number of nitrogens with zero attached hydrogens (tertiary/aromatic N) is 2. The molecule has 0 aliphatic rings. The maximum atomic E-state index is 8.57. The molecule has 0 aliphatic heterocycles. The third-order valence-corrected chi connectivity index (χ3v) is 2.81. The molecule has 0 fully saturated rings. The van der Waals surface area contributed by atoms with Gasteiger partial charge < -0.3 is 0 Å². The number of hydrogen-bond donors (Lipinski definition) is 0. The SMILES string of the molecule is N#CCCCN=C(c1ccccc1)c1ccccc1. The van der Waals surface area contributed by atoms with Crippen LogP contribution in [-0.4, -0.2) is 12.3 Å². The van der Waals surface area contributed by atoms with Crippen molar-refractivity contribution in [3.8, 4) is 6.07 Å². The number of nitriles is 1. The Labute approximate surface area is 114 Å². The molecule has 0 spiro atoms. The van der Waals surface area contributed by atoms with Gasteiger partial charge in [-0.25, -0.2) is 0 Å². The average Bonchev–Trinajstić information content (AvgIpc) is 2.49. The fourth-order valence-corrected chi connectivity index (χ4v) is 1.89. The molecule has 0 aliphatic carbocycles. The Kier molecular flexibility index (Phi) is 4.89. The summed E-state index contributed by atoms with van der Waals surface area (Å²) < 4.78 is 0. The van der Waals surface area contributed by atoms with E-state index in [-0.39, 0.29) is 0 Å². The predicted octanol–water partition coefficient (Wildman–Crippen LogP) is 3.83. The molecule has 2 rings (SSSR count). The first-order chi connectivity index (χ1) is 9.42. The van der Waals surface area contributed by atoms with Crippen LogP contribution in [0.3, 0.4) is 0 Å². The molecule has 0 amide bonds. The monoisotopic (exact) mass is 248 g/mol. The minimum atomic E-state index is 0.556. The average molecular weight is 248 g/mol. The standard InChI is InChI=1S/C17H16N2/c18-13-7-8-14-19-17(15-9-3-1-4-10-15)16-11-5-2-6-12-16/h1-6,9-12H,7-8,14H2. The molecule has 2 aromatic carbocycles. The molecule has 0 saturated heterocycles. The summed E-state index contributed by atoms with van der Waals surface area (Å²) in [7, 11) is 0. The zero-order valence-electron chi connectivity index (χ0n) is 10.8.